The molecule has 0 aromatic carbocycles. The van der Waals surface area contributed by atoms with E-state index in [2.05, 4.69) is 31.0 Å². The van der Waals surface area contributed by atoms with Crippen molar-refractivity contribution < 1.29 is 4.74 Å². The van der Waals surface area contributed by atoms with Crippen LogP contribution in [0.25, 0.3) is 0 Å². The Morgan fingerprint density at radius 1 is 1.38 bits per heavy atom. The molecular formula is C13H26N2O. The summed E-state index contributed by atoms with van der Waals surface area (Å²) >= 11 is 0. The minimum absolute atomic E-state index is 0.288. The van der Waals surface area contributed by atoms with Gasteiger partial charge in [0, 0.05) is 37.3 Å². The summed E-state index contributed by atoms with van der Waals surface area (Å²) in [6, 6.07) is 1.36. The zero-order valence-corrected chi connectivity index (χ0v) is 11.0. The summed E-state index contributed by atoms with van der Waals surface area (Å²) < 4.78 is 5.61. The zero-order valence-electron chi connectivity index (χ0n) is 11.0. The Balaban J connectivity index is 2.07. The molecule has 0 aliphatic carbocycles. The molecule has 94 valence electrons. The highest BCUT2D eigenvalue weighted by molar-refractivity contribution is 4.97. The summed E-state index contributed by atoms with van der Waals surface area (Å²) in [4.78, 5) is 2.71. The van der Waals surface area contributed by atoms with Crippen molar-refractivity contribution in [3.63, 3.8) is 0 Å². The largest absolute Gasteiger partial charge is 0.379 e. The monoisotopic (exact) mass is 226 g/mol. The number of piperazine rings is 1. The van der Waals surface area contributed by atoms with Crippen LogP contribution in [0.3, 0.4) is 0 Å². The predicted octanol–water partition coefficient (Wildman–Crippen LogP) is 1.63. The molecule has 0 bridgehead atoms. The molecule has 0 radical (unpaired) electrons. The number of hydrogen-bond acceptors (Lipinski definition) is 3. The molecule has 0 spiro atoms. The molecule has 0 saturated carbocycles. The lowest BCUT2D eigenvalue weighted by molar-refractivity contribution is 0.0102. The van der Waals surface area contributed by atoms with Crippen molar-refractivity contribution in [2.24, 2.45) is 0 Å². The fraction of sp³-hybridized carbons (Fsp3) is 1.00. The van der Waals surface area contributed by atoms with Crippen molar-refractivity contribution >= 4 is 0 Å². The van der Waals surface area contributed by atoms with Gasteiger partial charge in [0.15, 0.2) is 0 Å². The topological polar surface area (TPSA) is 24.5 Å². The molecule has 1 N–H and O–H groups in total. The molecule has 0 aromatic rings. The maximum Gasteiger partial charge on any atom is 0.0648 e. The van der Waals surface area contributed by atoms with Gasteiger partial charge in [0.2, 0.25) is 0 Å². The molecule has 16 heavy (non-hydrogen) atoms. The second kappa shape index (κ2) is 5.03. The molecule has 2 fully saturated rings. The summed E-state index contributed by atoms with van der Waals surface area (Å²) in [6.45, 7) is 11.1. The molecule has 3 atom stereocenters. The van der Waals surface area contributed by atoms with Crippen LogP contribution in [0.1, 0.15) is 40.0 Å². The Bertz CT molecular complexity index is 226. The normalized spacial score (nSPS) is 41.4. The maximum absolute atomic E-state index is 5.61. The molecule has 2 aliphatic heterocycles. The van der Waals surface area contributed by atoms with E-state index in [4.69, 9.17) is 4.74 Å². The van der Waals surface area contributed by atoms with Crippen LogP contribution >= 0.6 is 0 Å². The molecular weight excluding hydrogens is 200 g/mol. The number of ether oxygens (including phenoxy) is 1. The first-order valence-corrected chi connectivity index (χ1v) is 6.77. The Hall–Kier alpha value is -0.120. The summed E-state index contributed by atoms with van der Waals surface area (Å²) in [5.41, 5.74) is 0.288. The van der Waals surface area contributed by atoms with Crippen LogP contribution in [0, 0.1) is 0 Å². The summed E-state index contributed by atoms with van der Waals surface area (Å²) in [7, 11) is 0. The molecule has 0 amide bonds. The van der Waals surface area contributed by atoms with E-state index in [1.165, 1.54) is 25.8 Å². The highest BCUT2D eigenvalue weighted by Gasteiger charge is 2.41. The van der Waals surface area contributed by atoms with Gasteiger partial charge in [-0.15, -0.1) is 0 Å². The van der Waals surface area contributed by atoms with Gasteiger partial charge in [-0.3, -0.25) is 4.90 Å². The fourth-order valence-electron chi connectivity index (χ4n) is 3.05. The van der Waals surface area contributed by atoms with Gasteiger partial charge < -0.3 is 10.1 Å². The summed E-state index contributed by atoms with van der Waals surface area (Å²) in [5, 5.41) is 3.66. The SMILES string of the molecule is CCC1CN(C2(C)CCOC2)C(CC)CN1. The highest BCUT2D eigenvalue weighted by atomic mass is 16.5. The van der Waals surface area contributed by atoms with Gasteiger partial charge in [-0.2, -0.15) is 0 Å². The lowest BCUT2D eigenvalue weighted by Gasteiger charge is -2.48. The van der Waals surface area contributed by atoms with Gasteiger partial charge in [-0.05, 0) is 26.2 Å². The average molecular weight is 226 g/mol. The van der Waals surface area contributed by atoms with E-state index in [1.54, 1.807) is 0 Å². The number of nitrogens with zero attached hydrogens (tertiary/aromatic N) is 1. The first-order chi connectivity index (χ1) is 7.69. The fourth-order valence-corrected chi connectivity index (χ4v) is 3.05. The van der Waals surface area contributed by atoms with Gasteiger partial charge in [-0.1, -0.05) is 13.8 Å². The molecule has 3 nitrogen and oxygen atoms in total. The Morgan fingerprint density at radius 2 is 2.19 bits per heavy atom. The zero-order chi connectivity index (χ0) is 11.6. The van der Waals surface area contributed by atoms with Crippen LogP contribution in [0.2, 0.25) is 0 Å². The third-order valence-electron chi connectivity index (χ3n) is 4.36. The molecule has 2 rings (SSSR count). The van der Waals surface area contributed by atoms with E-state index in [0.29, 0.717) is 12.1 Å². The van der Waals surface area contributed by atoms with Crippen LogP contribution in [-0.2, 0) is 4.74 Å². The van der Waals surface area contributed by atoms with Crippen molar-refractivity contribution in [1.29, 1.82) is 0 Å². The lowest BCUT2D eigenvalue weighted by atomic mass is 9.92. The minimum atomic E-state index is 0.288. The van der Waals surface area contributed by atoms with Crippen molar-refractivity contribution in [2.75, 3.05) is 26.3 Å². The quantitative estimate of drug-likeness (QED) is 0.791. The van der Waals surface area contributed by atoms with Gasteiger partial charge in [0.25, 0.3) is 0 Å². The van der Waals surface area contributed by atoms with Gasteiger partial charge in [-0.25, -0.2) is 0 Å². The van der Waals surface area contributed by atoms with E-state index in [-0.39, 0.29) is 5.54 Å². The Kier molecular flexibility index (Phi) is 3.88. The van der Waals surface area contributed by atoms with Crippen LogP contribution in [0.4, 0.5) is 0 Å². The highest BCUT2D eigenvalue weighted by Crippen LogP contribution is 2.30. The smallest absolute Gasteiger partial charge is 0.0648 e. The van der Waals surface area contributed by atoms with Crippen molar-refractivity contribution in [3.05, 3.63) is 0 Å². The van der Waals surface area contributed by atoms with Crippen LogP contribution in [0.15, 0.2) is 0 Å². The van der Waals surface area contributed by atoms with E-state index < -0.39 is 0 Å². The van der Waals surface area contributed by atoms with E-state index in [0.717, 1.165) is 19.8 Å². The standard InChI is InChI=1S/C13H26N2O/c1-4-11-9-15(12(5-2)8-14-11)13(3)6-7-16-10-13/h11-12,14H,4-10H2,1-3H3. The Labute approximate surface area is 99.5 Å². The van der Waals surface area contributed by atoms with E-state index in [1.807, 2.05) is 0 Å². The average Bonchev–Trinajstić information content (AvgIpc) is 2.76. The first kappa shape index (κ1) is 12.3. The van der Waals surface area contributed by atoms with E-state index in [9.17, 15) is 0 Å². The van der Waals surface area contributed by atoms with Gasteiger partial charge in [0.1, 0.15) is 0 Å². The second-order valence-corrected chi connectivity index (χ2v) is 5.53. The summed E-state index contributed by atoms with van der Waals surface area (Å²) in [6.07, 6.45) is 3.66. The van der Waals surface area contributed by atoms with Crippen LogP contribution < -0.4 is 5.32 Å². The molecule has 2 saturated heterocycles. The Morgan fingerprint density at radius 3 is 2.75 bits per heavy atom. The lowest BCUT2D eigenvalue weighted by Crippen LogP contribution is -2.63. The third-order valence-corrected chi connectivity index (χ3v) is 4.36. The maximum atomic E-state index is 5.61. The molecule has 2 heterocycles. The van der Waals surface area contributed by atoms with Crippen molar-refractivity contribution in [1.82, 2.24) is 10.2 Å². The van der Waals surface area contributed by atoms with Crippen LogP contribution in [0.5, 0.6) is 0 Å². The van der Waals surface area contributed by atoms with Crippen molar-refractivity contribution in [3.8, 4) is 0 Å². The minimum Gasteiger partial charge on any atom is -0.379 e. The number of rotatable bonds is 3. The second-order valence-electron chi connectivity index (χ2n) is 5.53. The van der Waals surface area contributed by atoms with E-state index >= 15 is 0 Å². The predicted molar refractivity (Wildman–Crippen MR) is 66.7 cm³/mol. The van der Waals surface area contributed by atoms with Crippen LogP contribution in [-0.4, -0.2) is 48.8 Å². The molecule has 0 aromatic heterocycles. The molecule has 3 heteroatoms. The third kappa shape index (κ3) is 2.27. The molecule has 2 aliphatic rings. The van der Waals surface area contributed by atoms with Crippen molar-refractivity contribution in [2.45, 2.75) is 57.7 Å². The van der Waals surface area contributed by atoms with Gasteiger partial charge in [0.05, 0.1) is 6.61 Å². The first-order valence-electron chi connectivity index (χ1n) is 6.77. The van der Waals surface area contributed by atoms with Gasteiger partial charge >= 0.3 is 0 Å². The number of hydrogen-bond donors (Lipinski definition) is 1. The summed E-state index contributed by atoms with van der Waals surface area (Å²) in [5.74, 6) is 0. The molecule has 3 unspecified atom stereocenters. The number of nitrogens with one attached hydrogen (secondary N) is 1.